The summed E-state index contributed by atoms with van der Waals surface area (Å²) in [6.45, 7) is 2.40. The van der Waals surface area contributed by atoms with Gasteiger partial charge in [0.1, 0.15) is 0 Å². The first-order chi connectivity index (χ1) is 7.03. The molecule has 4 saturated carbocycles. The number of hydrogen-bond acceptors (Lipinski definition) is 0. The standard InChI is InChI=1S/C15H18/c1-4-14-7-12-6-13(3,9-14)10-15(5-2,8-12)11-14/h1-2,12H,6-11H2,3H3. The zero-order valence-electron chi connectivity index (χ0n) is 9.47. The third-order valence-corrected chi connectivity index (χ3v) is 4.96. The first-order valence-corrected chi connectivity index (χ1v) is 5.98. The maximum Gasteiger partial charge on any atom is 0.0334 e. The predicted molar refractivity (Wildman–Crippen MR) is 61.8 cm³/mol. The van der Waals surface area contributed by atoms with Crippen LogP contribution in [0.4, 0.5) is 0 Å². The van der Waals surface area contributed by atoms with Gasteiger partial charge in [-0.1, -0.05) is 18.8 Å². The normalized spacial score (nSPS) is 56.1. The minimum Gasteiger partial charge on any atom is -0.120 e. The molecule has 15 heavy (non-hydrogen) atoms. The molecule has 4 fully saturated rings. The van der Waals surface area contributed by atoms with E-state index >= 15 is 0 Å². The molecule has 2 atom stereocenters. The first-order valence-electron chi connectivity index (χ1n) is 5.98. The van der Waals surface area contributed by atoms with Crippen LogP contribution in [0.1, 0.15) is 45.4 Å². The van der Waals surface area contributed by atoms with E-state index in [1.54, 1.807) is 0 Å². The summed E-state index contributed by atoms with van der Waals surface area (Å²) in [5, 5.41) is 0. The van der Waals surface area contributed by atoms with Crippen LogP contribution in [0.15, 0.2) is 0 Å². The van der Waals surface area contributed by atoms with E-state index in [9.17, 15) is 0 Å². The van der Waals surface area contributed by atoms with E-state index in [2.05, 4.69) is 18.8 Å². The molecule has 0 aromatic rings. The summed E-state index contributed by atoms with van der Waals surface area (Å²) in [5.41, 5.74) is 0.749. The van der Waals surface area contributed by atoms with Gasteiger partial charge in [0.2, 0.25) is 0 Å². The highest BCUT2D eigenvalue weighted by molar-refractivity contribution is 5.26. The van der Waals surface area contributed by atoms with Gasteiger partial charge in [-0.15, -0.1) is 12.8 Å². The molecule has 0 radical (unpaired) electrons. The lowest BCUT2D eigenvalue weighted by atomic mass is 9.40. The average molecular weight is 198 g/mol. The summed E-state index contributed by atoms with van der Waals surface area (Å²) < 4.78 is 0. The molecular formula is C15H18. The maximum absolute atomic E-state index is 5.78. The maximum atomic E-state index is 5.78. The molecule has 4 aliphatic carbocycles. The van der Waals surface area contributed by atoms with E-state index in [-0.39, 0.29) is 10.8 Å². The molecule has 0 spiro atoms. The third kappa shape index (κ3) is 1.12. The Hall–Kier alpha value is -0.880. The fourth-order valence-electron chi connectivity index (χ4n) is 5.24. The van der Waals surface area contributed by atoms with Crippen molar-refractivity contribution in [2.24, 2.45) is 22.2 Å². The zero-order chi connectivity index (χ0) is 10.7. The molecule has 0 heterocycles. The minimum absolute atomic E-state index is 0.153. The highest BCUT2D eigenvalue weighted by Gasteiger charge is 2.60. The summed E-state index contributed by atoms with van der Waals surface area (Å²) in [6, 6.07) is 0. The van der Waals surface area contributed by atoms with Gasteiger partial charge in [-0.25, -0.2) is 0 Å². The Balaban J connectivity index is 2.09. The van der Waals surface area contributed by atoms with E-state index < -0.39 is 0 Å². The Kier molecular flexibility index (Phi) is 1.52. The van der Waals surface area contributed by atoms with Gasteiger partial charge in [-0.2, -0.15) is 0 Å². The molecule has 0 nitrogen and oxygen atoms in total. The van der Waals surface area contributed by atoms with Crippen molar-refractivity contribution in [3.63, 3.8) is 0 Å². The van der Waals surface area contributed by atoms with Gasteiger partial charge >= 0.3 is 0 Å². The van der Waals surface area contributed by atoms with Crippen molar-refractivity contribution in [2.45, 2.75) is 45.4 Å². The van der Waals surface area contributed by atoms with Crippen molar-refractivity contribution in [3.05, 3.63) is 0 Å². The van der Waals surface area contributed by atoms with Crippen molar-refractivity contribution in [1.82, 2.24) is 0 Å². The van der Waals surface area contributed by atoms with Crippen molar-refractivity contribution in [2.75, 3.05) is 0 Å². The summed E-state index contributed by atoms with van der Waals surface area (Å²) >= 11 is 0. The quantitative estimate of drug-likeness (QED) is 0.524. The fraction of sp³-hybridized carbons (Fsp3) is 0.733. The average Bonchev–Trinajstić information content (AvgIpc) is 2.14. The Morgan fingerprint density at radius 2 is 1.47 bits per heavy atom. The third-order valence-electron chi connectivity index (χ3n) is 4.96. The van der Waals surface area contributed by atoms with Gasteiger partial charge in [-0.05, 0) is 49.9 Å². The second kappa shape index (κ2) is 2.44. The van der Waals surface area contributed by atoms with Gasteiger partial charge in [-0.3, -0.25) is 0 Å². The van der Waals surface area contributed by atoms with Gasteiger partial charge in [0.05, 0.1) is 0 Å². The van der Waals surface area contributed by atoms with Gasteiger partial charge in [0, 0.05) is 10.8 Å². The summed E-state index contributed by atoms with van der Waals surface area (Å²) in [4.78, 5) is 0. The van der Waals surface area contributed by atoms with Gasteiger partial charge in [0.15, 0.2) is 0 Å². The van der Waals surface area contributed by atoms with E-state index in [1.165, 1.54) is 32.1 Å². The van der Waals surface area contributed by atoms with Crippen LogP contribution in [0.25, 0.3) is 0 Å². The molecule has 0 N–H and O–H groups in total. The van der Waals surface area contributed by atoms with Crippen LogP contribution in [-0.2, 0) is 0 Å². The number of terminal acetylenes is 2. The lowest BCUT2D eigenvalue weighted by Crippen LogP contribution is -2.55. The Bertz CT molecular complexity index is 359. The monoisotopic (exact) mass is 198 g/mol. The molecule has 0 aromatic heterocycles. The minimum atomic E-state index is 0.153. The second-order valence-electron chi connectivity index (χ2n) is 6.67. The summed E-state index contributed by atoms with van der Waals surface area (Å²) in [6.07, 6.45) is 18.9. The van der Waals surface area contributed by atoms with Crippen LogP contribution in [-0.4, -0.2) is 0 Å². The molecule has 0 saturated heterocycles. The van der Waals surface area contributed by atoms with Crippen molar-refractivity contribution in [1.29, 1.82) is 0 Å². The SMILES string of the molecule is C#CC12CC3CC(C)(C1)CC(C#C)(C3)C2. The molecule has 78 valence electrons. The van der Waals surface area contributed by atoms with E-state index in [0.29, 0.717) is 5.41 Å². The zero-order valence-corrected chi connectivity index (χ0v) is 9.47. The van der Waals surface area contributed by atoms with Crippen LogP contribution in [0.5, 0.6) is 0 Å². The molecule has 0 aliphatic heterocycles. The van der Waals surface area contributed by atoms with Crippen molar-refractivity contribution >= 4 is 0 Å². The Labute approximate surface area is 92.8 Å². The lowest BCUT2D eigenvalue weighted by Gasteiger charge is -2.63. The molecular weight excluding hydrogens is 180 g/mol. The molecule has 4 rings (SSSR count). The summed E-state index contributed by atoms with van der Waals surface area (Å²) in [5.74, 6) is 7.00. The fourth-order valence-corrected chi connectivity index (χ4v) is 5.24. The predicted octanol–water partition coefficient (Wildman–Crippen LogP) is 3.23. The van der Waals surface area contributed by atoms with Gasteiger partial charge in [0.25, 0.3) is 0 Å². The molecule has 4 bridgehead atoms. The van der Waals surface area contributed by atoms with Crippen LogP contribution < -0.4 is 0 Å². The van der Waals surface area contributed by atoms with E-state index in [1.807, 2.05) is 0 Å². The highest BCUT2D eigenvalue weighted by Crippen LogP contribution is 2.69. The van der Waals surface area contributed by atoms with Crippen LogP contribution in [0.2, 0.25) is 0 Å². The highest BCUT2D eigenvalue weighted by atomic mass is 14.6. The Morgan fingerprint density at radius 3 is 1.87 bits per heavy atom. The molecule has 0 aromatic carbocycles. The smallest absolute Gasteiger partial charge is 0.0334 e. The number of rotatable bonds is 0. The largest absolute Gasteiger partial charge is 0.120 e. The van der Waals surface area contributed by atoms with Crippen LogP contribution in [0.3, 0.4) is 0 Å². The van der Waals surface area contributed by atoms with Crippen LogP contribution in [0, 0.1) is 46.9 Å². The molecule has 0 heteroatoms. The van der Waals surface area contributed by atoms with E-state index in [0.717, 1.165) is 12.3 Å². The van der Waals surface area contributed by atoms with Crippen molar-refractivity contribution < 1.29 is 0 Å². The first kappa shape index (κ1) is 9.35. The van der Waals surface area contributed by atoms with Gasteiger partial charge < -0.3 is 0 Å². The number of hydrogen-bond donors (Lipinski definition) is 0. The molecule has 0 amide bonds. The van der Waals surface area contributed by atoms with E-state index in [4.69, 9.17) is 12.8 Å². The molecule has 4 aliphatic rings. The lowest BCUT2D eigenvalue weighted by molar-refractivity contribution is -0.102. The second-order valence-corrected chi connectivity index (χ2v) is 6.67. The van der Waals surface area contributed by atoms with Crippen LogP contribution >= 0.6 is 0 Å². The molecule has 2 unspecified atom stereocenters. The summed E-state index contributed by atoms with van der Waals surface area (Å²) in [7, 11) is 0. The van der Waals surface area contributed by atoms with Crippen molar-refractivity contribution in [3.8, 4) is 24.7 Å². The Morgan fingerprint density at radius 1 is 0.933 bits per heavy atom. The topological polar surface area (TPSA) is 0 Å².